The first-order valence-electron chi connectivity index (χ1n) is 8.02. The SMILES string of the molecule is c1ccc(-c2nnc(SCCOc3ccc4ccccc4c3)o2)cc1. The molecule has 4 nitrogen and oxygen atoms in total. The maximum absolute atomic E-state index is 5.82. The molecule has 0 saturated carbocycles. The van der Waals surface area contributed by atoms with Crippen molar-refractivity contribution in [2.75, 3.05) is 12.4 Å². The van der Waals surface area contributed by atoms with Crippen LogP contribution in [0.2, 0.25) is 0 Å². The molecule has 0 fully saturated rings. The third-order valence-electron chi connectivity index (χ3n) is 3.73. The lowest BCUT2D eigenvalue weighted by Crippen LogP contribution is -1.99. The van der Waals surface area contributed by atoms with Crippen molar-refractivity contribution >= 4 is 22.5 Å². The zero-order valence-corrected chi connectivity index (χ0v) is 14.3. The molecule has 4 rings (SSSR count). The highest BCUT2D eigenvalue weighted by atomic mass is 32.2. The molecule has 5 heteroatoms. The second kappa shape index (κ2) is 7.40. The highest BCUT2D eigenvalue weighted by Gasteiger charge is 2.08. The highest BCUT2D eigenvalue weighted by molar-refractivity contribution is 7.99. The van der Waals surface area contributed by atoms with Crippen molar-refractivity contribution in [1.29, 1.82) is 0 Å². The fourth-order valence-corrected chi connectivity index (χ4v) is 3.09. The van der Waals surface area contributed by atoms with Gasteiger partial charge < -0.3 is 9.15 Å². The third kappa shape index (κ3) is 3.83. The molecule has 1 aromatic heterocycles. The van der Waals surface area contributed by atoms with E-state index in [1.165, 1.54) is 22.5 Å². The minimum absolute atomic E-state index is 0.540. The number of aromatic nitrogens is 2. The summed E-state index contributed by atoms with van der Waals surface area (Å²) in [6.45, 7) is 0.575. The Bertz CT molecular complexity index is 970. The Morgan fingerprint density at radius 2 is 1.64 bits per heavy atom. The average molecular weight is 348 g/mol. The molecule has 25 heavy (non-hydrogen) atoms. The van der Waals surface area contributed by atoms with Gasteiger partial charge in [0.05, 0.1) is 6.61 Å². The van der Waals surface area contributed by atoms with Crippen LogP contribution in [0.4, 0.5) is 0 Å². The van der Waals surface area contributed by atoms with E-state index in [-0.39, 0.29) is 0 Å². The number of nitrogens with zero attached hydrogens (tertiary/aromatic N) is 2. The lowest BCUT2D eigenvalue weighted by atomic mass is 10.1. The minimum atomic E-state index is 0.540. The third-order valence-corrected chi connectivity index (χ3v) is 4.51. The Morgan fingerprint density at radius 1 is 0.840 bits per heavy atom. The summed E-state index contributed by atoms with van der Waals surface area (Å²) in [6, 6.07) is 24.1. The molecule has 0 amide bonds. The van der Waals surface area contributed by atoms with E-state index in [1.807, 2.05) is 48.5 Å². The zero-order valence-electron chi connectivity index (χ0n) is 13.5. The molecule has 124 valence electrons. The van der Waals surface area contributed by atoms with Crippen LogP contribution in [0, 0.1) is 0 Å². The molecule has 0 bridgehead atoms. The van der Waals surface area contributed by atoms with E-state index >= 15 is 0 Å². The second-order valence-electron chi connectivity index (χ2n) is 5.45. The minimum Gasteiger partial charge on any atom is -0.493 e. The summed E-state index contributed by atoms with van der Waals surface area (Å²) in [6.07, 6.45) is 0. The summed E-state index contributed by atoms with van der Waals surface area (Å²) in [5.74, 6) is 2.15. The standard InChI is InChI=1S/C20H16N2O2S/c1-2-7-16(8-3-1)19-21-22-20(24-19)25-13-12-23-18-11-10-15-6-4-5-9-17(15)14-18/h1-11,14H,12-13H2. The van der Waals surface area contributed by atoms with Crippen LogP contribution in [0.5, 0.6) is 5.75 Å². The molecule has 0 radical (unpaired) electrons. The number of thioether (sulfide) groups is 1. The van der Waals surface area contributed by atoms with Crippen molar-refractivity contribution < 1.29 is 9.15 Å². The highest BCUT2D eigenvalue weighted by Crippen LogP contribution is 2.24. The van der Waals surface area contributed by atoms with Crippen LogP contribution in [0.1, 0.15) is 0 Å². The summed E-state index contributed by atoms with van der Waals surface area (Å²) >= 11 is 1.49. The number of rotatable bonds is 6. The average Bonchev–Trinajstić information content (AvgIpc) is 3.15. The van der Waals surface area contributed by atoms with E-state index in [2.05, 4.69) is 34.5 Å². The van der Waals surface area contributed by atoms with Gasteiger partial charge in [0.25, 0.3) is 5.22 Å². The van der Waals surface area contributed by atoms with Crippen molar-refractivity contribution in [3.05, 3.63) is 72.8 Å². The van der Waals surface area contributed by atoms with Gasteiger partial charge in [0.2, 0.25) is 5.89 Å². The summed E-state index contributed by atoms with van der Waals surface area (Å²) in [5, 5.41) is 11.1. The molecule has 0 spiro atoms. The summed E-state index contributed by atoms with van der Waals surface area (Å²) in [5.41, 5.74) is 0.925. The number of fused-ring (bicyclic) bond motifs is 1. The first-order chi connectivity index (χ1) is 12.4. The lowest BCUT2D eigenvalue weighted by Gasteiger charge is -2.06. The van der Waals surface area contributed by atoms with Crippen molar-refractivity contribution in [2.24, 2.45) is 0 Å². The molecule has 0 unspecified atom stereocenters. The molecule has 0 aliphatic heterocycles. The Kier molecular flexibility index (Phi) is 4.65. The number of ether oxygens (including phenoxy) is 1. The number of benzene rings is 3. The fourth-order valence-electron chi connectivity index (χ4n) is 2.51. The van der Waals surface area contributed by atoms with Crippen LogP contribution >= 0.6 is 11.8 Å². The zero-order chi connectivity index (χ0) is 16.9. The van der Waals surface area contributed by atoms with Gasteiger partial charge in [0.15, 0.2) is 0 Å². The van der Waals surface area contributed by atoms with Crippen LogP contribution in [0.25, 0.3) is 22.2 Å². The maximum atomic E-state index is 5.82. The van der Waals surface area contributed by atoms with Gasteiger partial charge in [-0.1, -0.05) is 60.3 Å². The van der Waals surface area contributed by atoms with Gasteiger partial charge in [-0.25, -0.2) is 0 Å². The van der Waals surface area contributed by atoms with E-state index in [4.69, 9.17) is 9.15 Å². The quantitative estimate of drug-likeness (QED) is 0.360. The van der Waals surface area contributed by atoms with Crippen molar-refractivity contribution in [2.45, 2.75) is 5.22 Å². The van der Waals surface area contributed by atoms with Gasteiger partial charge in [0.1, 0.15) is 5.75 Å². The Morgan fingerprint density at radius 3 is 2.52 bits per heavy atom. The van der Waals surface area contributed by atoms with Gasteiger partial charge in [-0.05, 0) is 35.0 Å². The molecule has 4 aromatic rings. The predicted molar refractivity (Wildman–Crippen MR) is 99.9 cm³/mol. The topological polar surface area (TPSA) is 48.2 Å². The van der Waals surface area contributed by atoms with Crippen molar-refractivity contribution in [3.63, 3.8) is 0 Å². The Labute approximate surface area is 149 Å². The molecule has 0 atom stereocenters. The molecular weight excluding hydrogens is 332 g/mol. The van der Waals surface area contributed by atoms with Crippen LogP contribution in [-0.2, 0) is 0 Å². The normalized spacial score (nSPS) is 10.9. The summed E-state index contributed by atoms with van der Waals surface area (Å²) in [4.78, 5) is 0. The van der Waals surface area contributed by atoms with Gasteiger partial charge in [-0.15, -0.1) is 10.2 Å². The first-order valence-corrected chi connectivity index (χ1v) is 9.00. The fraction of sp³-hybridized carbons (Fsp3) is 0.100. The molecule has 0 N–H and O–H groups in total. The van der Waals surface area contributed by atoms with E-state index in [0.29, 0.717) is 17.7 Å². The van der Waals surface area contributed by atoms with Crippen molar-refractivity contribution in [1.82, 2.24) is 10.2 Å². The van der Waals surface area contributed by atoms with E-state index < -0.39 is 0 Å². The summed E-state index contributed by atoms with van der Waals surface area (Å²) < 4.78 is 11.5. The lowest BCUT2D eigenvalue weighted by molar-refractivity contribution is 0.343. The van der Waals surface area contributed by atoms with Crippen LogP contribution in [0.15, 0.2) is 82.4 Å². The Balaban J connectivity index is 1.31. The first kappa shape index (κ1) is 15.7. The predicted octanol–water partition coefficient (Wildman–Crippen LogP) is 5.06. The second-order valence-corrected chi connectivity index (χ2v) is 6.49. The number of hydrogen-bond donors (Lipinski definition) is 0. The van der Waals surface area contributed by atoms with Crippen LogP contribution in [0.3, 0.4) is 0 Å². The molecule has 3 aromatic carbocycles. The largest absolute Gasteiger partial charge is 0.493 e. The molecule has 0 saturated heterocycles. The Hall–Kier alpha value is -2.79. The van der Waals surface area contributed by atoms with E-state index in [0.717, 1.165) is 17.1 Å². The van der Waals surface area contributed by atoms with Crippen LogP contribution < -0.4 is 4.74 Å². The number of hydrogen-bond acceptors (Lipinski definition) is 5. The molecule has 0 aliphatic carbocycles. The monoisotopic (exact) mass is 348 g/mol. The van der Waals surface area contributed by atoms with Crippen molar-refractivity contribution in [3.8, 4) is 17.2 Å². The van der Waals surface area contributed by atoms with E-state index in [1.54, 1.807) is 0 Å². The maximum Gasteiger partial charge on any atom is 0.276 e. The molecule has 0 aliphatic rings. The smallest absolute Gasteiger partial charge is 0.276 e. The molecule has 1 heterocycles. The van der Waals surface area contributed by atoms with Crippen LogP contribution in [-0.4, -0.2) is 22.6 Å². The van der Waals surface area contributed by atoms with Gasteiger partial charge >= 0.3 is 0 Å². The van der Waals surface area contributed by atoms with E-state index in [9.17, 15) is 0 Å². The van der Waals surface area contributed by atoms with Gasteiger partial charge in [-0.3, -0.25) is 0 Å². The van der Waals surface area contributed by atoms with Gasteiger partial charge in [-0.2, -0.15) is 0 Å². The van der Waals surface area contributed by atoms with Gasteiger partial charge in [0, 0.05) is 11.3 Å². The summed E-state index contributed by atoms with van der Waals surface area (Å²) in [7, 11) is 0. The molecular formula is C20H16N2O2S.